The first kappa shape index (κ1) is 14.6. The number of benzene rings is 2. The van der Waals surface area contributed by atoms with E-state index in [1.165, 1.54) is 23.8 Å². The Kier molecular flexibility index (Phi) is 4.82. The van der Waals surface area contributed by atoms with E-state index in [0.717, 1.165) is 5.56 Å². The molecule has 0 aliphatic carbocycles. The van der Waals surface area contributed by atoms with Crippen LogP contribution in [0.3, 0.4) is 0 Å². The first-order valence-electron chi connectivity index (χ1n) is 6.54. The van der Waals surface area contributed by atoms with Gasteiger partial charge in [0.1, 0.15) is 11.6 Å². The predicted octanol–water partition coefficient (Wildman–Crippen LogP) is 2.89. The summed E-state index contributed by atoms with van der Waals surface area (Å²) in [4.78, 5) is 0. The van der Waals surface area contributed by atoms with Gasteiger partial charge in [-0.3, -0.25) is 11.3 Å². The molecule has 0 aliphatic heterocycles. The van der Waals surface area contributed by atoms with Gasteiger partial charge >= 0.3 is 0 Å². The number of hydrogen-bond acceptors (Lipinski definition) is 2. The van der Waals surface area contributed by atoms with E-state index in [-0.39, 0.29) is 18.0 Å². The molecule has 0 aliphatic rings. The van der Waals surface area contributed by atoms with E-state index in [9.17, 15) is 8.78 Å². The Labute approximate surface area is 117 Å². The summed E-state index contributed by atoms with van der Waals surface area (Å²) in [6, 6.07) is 11.7. The van der Waals surface area contributed by atoms with Gasteiger partial charge in [0.05, 0.1) is 0 Å². The molecule has 0 saturated heterocycles. The minimum absolute atomic E-state index is 0.0718. The zero-order chi connectivity index (χ0) is 14.5. The molecule has 20 heavy (non-hydrogen) atoms. The fourth-order valence-electron chi connectivity index (χ4n) is 2.17. The van der Waals surface area contributed by atoms with E-state index in [4.69, 9.17) is 5.84 Å². The van der Waals surface area contributed by atoms with E-state index >= 15 is 0 Å². The lowest BCUT2D eigenvalue weighted by Gasteiger charge is -2.17. The molecule has 1 unspecified atom stereocenters. The highest BCUT2D eigenvalue weighted by Crippen LogP contribution is 2.16. The van der Waals surface area contributed by atoms with Gasteiger partial charge in [-0.2, -0.15) is 0 Å². The highest BCUT2D eigenvalue weighted by Gasteiger charge is 2.15. The van der Waals surface area contributed by atoms with Crippen molar-refractivity contribution in [1.82, 2.24) is 5.43 Å². The topological polar surface area (TPSA) is 38.0 Å². The standard InChI is InChI=1S/C16H18F2N2/c1-11-5-7-12(8-6-11)9-13(20-19)10-14-15(17)3-2-4-16(14)18/h2-8,13,20H,9-10,19H2,1H3. The van der Waals surface area contributed by atoms with E-state index in [1.54, 1.807) is 0 Å². The van der Waals surface area contributed by atoms with Crippen LogP contribution in [0.25, 0.3) is 0 Å². The minimum atomic E-state index is -0.533. The molecule has 2 aromatic carbocycles. The summed E-state index contributed by atoms with van der Waals surface area (Å²) in [6.07, 6.45) is 0.827. The van der Waals surface area contributed by atoms with Gasteiger partial charge in [-0.1, -0.05) is 35.9 Å². The Hall–Kier alpha value is -1.78. The van der Waals surface area contributed by atoms with Crippen molar-refractivity contribution in [2.45, 2.75) is 25.8 Å². The molecule has 0 radical (unpaired) electrons. The molecular weight excluding hydrogens is 258 g/mol. The summed E-state index contributed by atoms with van der Waals surface area (Å²) in [5.41, 5.74) is 4.96. The molecule has 0 bridgehead atoms. The lowest BCUT2D eigenvalue weighted by molar-refractivity contribution is 0.484. The number of rotatable bonds is 5. The summed E-state index contributed by atoms with van der Waals surface area (Å²) < 4.78 is 27.3. The highest BCUT2D eigenvalue weighted by molar-refractivity contribution is 5.24. The summed E-state index contributed by atoms with van der Waals surface area (Å²) in [6.45, 7) is 2.01. The maximum absolute atomic E-state index is 13.6. The molecular formula is C16H18F2N2. The first-order valence-corrected chi connectivity index (χ1v) is 6.54. The van der Waals surface area contributed by atoms with E-state index in [2.05, 4.69) is 5.43 Å². The lowest BCUT2D eigenvalue weighted by atomic mass is 9.98. The van der Waals surface area contributed by atoms with Crippen LogP contribution < -0.4 is 11.3 Å². The third-order valence-corrected chi connectivity index (χ3v) is 3.35. The van der Waals surface area contributed by atoms with Crippen molar-refractivity contribution >= 4 is 0 Å². The van der Waals surface area contributed by atoms with Gasteiger partial charge in [0.25, 0.3) is 0 Å². The third kappa shape index (κ3) is 3.62. The number of hydrogen-bond donors (Lipinski definition) is 2. The van der Waals surface area contributed by atoms with Crippen LogP contribution in [0.5, 0.6) is 0 Å². The molecule has 2 rings (SSSR count). The quantitative estimate of drug-likeness (QED) is 0.651. The van der Waals surface area contributed by atoms with Crippen molar-refractivity contribution < 1.29 is 8.78 Å². The first-order chi connectivity index (χ1) is 9.60. The van der Waals surface area contributed by atoms with Crippen molar-refractivity contribution in [3.63, 3.8) is 0 Å². The van der Waals surface area contributed by atoms with Gasteiger partial charge in [-0.25, -0.2) is 8.78 Å². The van der Waals surface area contributed by atoms with Crippen LogP contribution in [0.2, 0.25) is 0 Å². The average molecular weight is 276 g/mol. The number of aryl methyl sites for hydroxylation is 1. The second kappa shape index (κ2) is 6.59. The Morgan fingerprint density at radius 2 is 1.60 bits per heavy atom. The molecule has 2 nitrogen and oxygen atoms in total. The lowest BCUT2D eigenvalue weighted by Crippen LogP contribution is -2.38. The molecule has 3 N–H and O–H groups in total. The summed E-state index contributed by atoms with van der Waals surface area (Å²) in [5, 5.41) is 0. The summed E-state index contributed by atoms with van der Waals surface area (Å²) in [5.74, 6) is 4.44. The Bertz CT molecular complexity index is 547. The molecule has 106 valence electrons. The van der Waals surface area contributed by atoms with Gasteiger partial charge in [0, 0.05) is 11.6 Å². The number of nitrogens with one attached hydrogen (secondary N) is 1. The number of halogens is 2. The van der Waals surface area contributed by atoms with Crippen molar-refractivity contribution in [2.24, 2.45) is 5.84 Å². The molecule has 2 aromatic rings. The van der Waals surface area contributed by atoms with Gasteiger partial charge in [-0.15, -0.1) is 0 Å². The molecule has 0 aromatic heterocycles. The molecule has 0 spiro atoms. The SMILES string of the molecule is Cc1ccc(CC(Cc2c(F)cccc2F)NN)cc1. The summed E-state index contributed by atoms with van der Waals surface area (Å²) >= 11 is 0. The minimum Gasteiger partial charge on any atom is -0.271 e. The van der Waals surface area contributed by atoms with Crippen molar-refractivity contribution in [3.05, 3.63) is 70.8 Å². The highest BCUT2D eigenvalue weighted by atomic mass is 19.1. The van der Waals surface area contributed by atoms with E-state index < -0.39 is 11.6 Å². The van der Waals surface area contributed by atoms with Gasteiger partial charge in [0.15, 0.2) is 0 Å². The molecule has 0 heterocycles. The smallest absolute Gasteiger partial charge is 0.129 e. The Morgan fingerprint density at radius 3 is 2.15 bits per heavy atom. The number of hydrazine groups is 1. The summed E-state index contributed by atoms with van der Waals surface area (Å²) in [7, 11) is 0. The maximum Gasteiger partial charge on any atom is 0.129 e. The zero-order valence-electron chi connectivity index (χ0n) is 11.4. The normalized spacial score (nSPS) is 12.4. The van der Waals surface area contributed by atoms with E-state index in [0.29, 0.717) is 6.42 Å². The Morgan fingerprint density at radius 1 is 1.00 bits per heavy atom. The molecule has 0 fully saturated rings. The fraction of sp³-hybridized carbons (Fsp3) is 0.250. The van der Waals surface area contributed by atoms with E-state index in [1.807, 2.05) is 31.2 Å². The van der Waals surface area contributed by atoms with Gasteiger partial charge < -0.3 is 0 Å². The third-order valence-electron chi connectivity index (χ3n) is 3.35. The van der Waals surface area contributed by atoms with Crippen LogP contribution >= 0.6 is 0 Å². The predicted molar refractivity (Wildman–Crippen MR) is 76.1 cm³/mol. The van der Waals surface area contributed by atoms with Crippen LogP contribution in [0.4, 0.5) is 8.78 Å². The average Bonchev–Trinajstić information content (AvgIpc) is 2.44. The van der Waals surface area contributed by atoms with Gasteiger partial charge in [-0.05, 0) is 37.5 Å². The fourth-order valence-corrected chi connectivity index (χ4v) is 2.17. The maximum atomic E-state index is 13.6. The molecule has 0 amide bonds. The monoisotopic (exact) mass is 276 g/mol. The van der Waals surface area contributed by atoms with Crippen LogP contribution in [0, 0.1) is 18.6 Å². The molecule has 1 atom stereocenters. The van der Waals surface area contributed by atoms with Crippen LogP contribution in [-0.4, -0.2) is 6.04 Å². The number of nitrogens with two attached hydrogens (primary N) is 1. The van der Waals surface area contributed by atoms with Crippen LogP contribution in [0.1, 0.15) is 16.7 Å². The van der Waals surface area contributed by atoms with Crippen molar-refractivity contribution in [3.8, 4) is 0 Å². The second-order valence-corrected chi connectivity index (χ2v) is 4.96. The molecule has 0 saturated carbocycles. The second-order valence-electron chi connectivity index (χ2n) is 4.96. The Balaban J connectivity index is 2.11. The van der Waals surface area contributed by atoms with Crippen molar-refractivity contribution in [1.29, 1.82) is 0 Å². The van der Waals surface area contributed by atoms with Crippen LogP contribution in [0.15, 0.2) is 42.5 Å². The van der Waals surface area contributed by atoms with Gasteiger partial charge in [0.2, 0.25) is 0 Å². The zero-order valence-corrected chi connectivity index (χ0v) is 11.4. The molecule has 4 heteroatoms. The van der Waals surface area contributed by atoms with Crippen molar-refractivity contribution in [2.75, 3.05) is 0 Å². The largest absolute Gasteiger partial charge is 0.271 e. The van der Waals surface area contributed by atoms with Crippen LogP contribution in [-0.2, 0) is 12.8 Å².